The molecule has 0 N–H and O–H groups in total. The van der Waals surface area contributed by atoms with Crippen molar-refractivity contribution in [1.29, 1.82) is 0 Å². The van der Waals surface area contributed by atoms with Gasteiger partial charge in [0.1, 0.15) is 0 Å². The van der Waals surface area contributed by atoms with E-state index in [1.54, 1.807) is 45.6 Å². The fourth-order valence-corrected chi connectivity index (χ4v) is 2.69. The van der Waals surface area contributed by atoms with Crippen LogP contribution in [0.4, 0.5) is 0 Å². The minimum Gasteiger partial charge on any atom is -0.453 e. The van der Waals surface area contributed by atoms with Gasteiger partial charge in [0.2, 0.25) is 0 Å². The Hall–Kier alpha value is -1.43. The first-order valence-electron chi connectivity index (χ1n) is 7.04. The van der Waals surface area contributed by atoms with E-state index in [-0.39, 0.29) is 24.3 Å². The van der Waals surface area contributed by atoms with Crippen molar-refractivity contribution in [1.82, 2.24) is 0 Å². The number of rotatable bonds is 5. The van der Waals surface area contributed by atoms with Crippen molar-refractivity contribution in [3.63, 3.8) is 0 Å². The predicted octanol–water partition coefficient (Wildman–Crippen LogP) is 2.05. The summed E-state index contributed by atoms with van der Waals surface area (Å²) in [6.07, 6.45) is 0.507. The van der Waals surface area contributed by atoms with E-state index in [0.29, 0.717) is 18.4 Å². The molecule has 1 aromatic rings. The quantitative estimate of drug-likeness (QED) is 0.778. The van der Waals surface area contributed by atoms with Gasteiger partial charge in [-0.3, -0.25) is 0 Å². The Bertz CT molecular complexity index is 433. The van der Waals surface area contributed by atoms with E-state index in [4.69, 9.17) is 18.9 Å². The van der Waals surface area contributed by atoms with Gasteiger partial charge in [-0.05, 0) is 12.1 Å². The summed E-state index contributed by atoms with van der Waals surface area (Å²) in [7, 11) is 4.89. The Labute approximate surface area is 125 Å². The summed E-state index contributed by atoms with van der Waals surface area (Å²) in [4.78, 5) is 12.2. The summed E-state index contributed by atoms with van der Waals surface area (Å²) in [5.41, 5.74) is 0.524. The molecule has 2 rings (SSSR count). The molecule has 0 saturated heterocycles. The predicted molar refractivity (Wildman–Crippen MR) is 77.3 cm³/mol. The van der Waals surface area contributed by atoms with Crippen molar-refractivity contribution >= 4 is 5.97 Å². The average Bonchev–Trinajstić information content (AvgIpc) is 2.55. The zero-order chi connectivity index (χ0) is 15.2. The maximum atomic E-state index is 12.2. The Balaban J connectivity index is 2.10. The second kappa shape index (κ2) is 7.54. The molecule has 1 aliphatic rings. The van der Waals surface area contributed by atoms with Gasteiger partial charge in [-0.1, -0.05) is 18.2 Å². The molecule has 1 saturated carbocycles. The molecule has 116 valence electrons. The highest BCUT2D eigenvalue weighted by molar-refractivity contribution is 5.89. The highest BCUT2D eigenvalue weighted by Gasteiger charge is 2.41. The van der Waals surface area contributed by atoms with Gasteiger partial charge in [0.05, 0.1) is 23.9 Å². The minimum atomic E-state index is -0.431. The molecule has 5 heteroatoms. The average molecular weight is 294 g/mol. The topological polar surface area (TPSA) is 54.0 Å². The molecule has 1 aromatic carbocycles. The van der Waals surface area contributed by atoms with Crippen LogP contribution in [0.2, 0.25) is 0 Å². The molecule has 0 radical (unpaired) electrons. The normalized spacial score (nSPS) is 29.1. The summed E-state index contributed by atoms with van der Waals surface area (Å²) < 4.78 is 22.0. The standard InChI is InChI=1S/C16H22O5/c1-18-12-9-13(19-2)15(14(10-12)20-3)21-16(17)11-7-5-4-6-8-11/h4-8,12-15H,9-10H2,1-3H3/t12?,13-,14-,15?/m0/s1. The van der Waals surface area contributed by atoms with Crippen molar-refractivity contribution in [3.8, 4) is 0 Å². The van der Waals surface area contributed by atoms with Gasteiger partial charge in [-0.2, -0.15) is 0 Å². The van der Waals surface area contributed by atoms with Gasteiger partial charge in [0.25, 0.3) is 0 Å². The molecule has 2 atom stereocenters. The second-order valence-electron chi connectivity index (χ2n) is 5.11. The maximum absolute atomic E-state index is 12.2. The first kappa shape index (κ1) is 15.9. The molecule has 0 heterocycles. The van der Waals surface area contributed by atoms with Crippen molar-refractivity contribution in [2.24, 2.45) is 0 Å². The van der Waals surface area contributed by atoms with Crippen LogP contribution in [0.25, 0.3) is 0 Å². The lowest BCUT2D eigenvalue weighted by Crippen LogP contribution is -2.50. The van der Waals surface area contributed by atoms with Gasteiger partial charge in [-0.15, -0.1) is 0 Å². The minimum absolute atomic E-state index is 0.0478. The largest absolute Gasteiger partial charge is 0.453 e. The molecule has 0 amide bonds. The number of benzene rings is 1. The maximum Gasteiger partial charge on any atom is 0.338 e. The van der Waals surface area contributed by atoms with Gasteiger partial charge in [0.15, 0.2) is 6.10 Å². The molecule has 0 aliphatic heterocycles. The summed E-state index contributed by atoms with van der Waals surface area (Å²) in [6, 6.07) is 8.93. The molecule has 0 bridgehead atoms. The van der Waals surface area contributed by atoms with Crippen molar-refractivity contribution in [2.45, 2.75) is 37.3 Å². The fraction of sp³-hybridized carbons (Fsp3) is 0.562. The number of hydrogen-bond acceptors (Lipinski definition) is 5. The number of carbonyl (C=O) groups excluding carboxylic acids is 1. The van der Waals surface area contributed by atoms with Gasteiger partial charge >= 0.3 is 5.97 Å². The highest BCUT2D eigenvalue weighted by Crippen LogP contribution is 2.28. The zero-order valence-corrected chi connectivity index (χ0v) is 12.7. The summed E-state index contributed by atoms with van der Waals surface area (Å²) in [5, 5.41) is 0. The van der Waals surface area contributed by atoms with Gasteiger partial charge < -0.3 is 18.9 Å². The molecular weight excluding hydrogens is 272 g/mol. The van der Waals surface area contributed by atoms with Crippen LogP contribution < -0.4 is 0 Å². The molecule has 5 nitrogen and oxygen atoms in total. The van der Waals surface area contributed by atoms with E-state index >= 15 is 0 Å². The number of esters is 1. The molecule has 21 heavy (non-hydrogen) atoms. The van der Waals surface area contributed by atoms with E-state index < -0.39 is 6.10 Å². The van der Waals surface area contributed by atoms with Crippen LogP contribution in [0.1, 0.15) is 23.2 Å². The zero-order valence-electron chi connectivity index (χ0n) is 12.7. The lowest BCUT2D eigenvalue weighted by molar-refractivity contribution is -0.148. The van der Waals surface area contributed by atoms with Crippen LogP contribution in [0.5, 0.6) is 0 Å². The third-order valence-electron chi connectivity index (χ3n) is 3.91. The number of methoxy groups -OCH3 is 3. The molecule has 0 aromatic heterocycles. The summed E-state index contributed by atoms with van der Waals surface area (Å²) >= 11 is 0. The fourth-order valence-electron chi connectivity index (χ4n) is 2.69. The SMILES string of the molecule is COC1C[C@H](OC)C(OC(=O)c2ccccc2)[C@@H](OC)C1. The third kappa shape index (κ3) is 3.81. The Morgan fingerprint density at radius 3 is 2.00 bits per heavy atom. The summed E-state index contributed by atoms with van der Waals surface area (Å²) in [5.74, 6) is -0.361. The first-order chi connectivity index (χ1) is 10.2. The van der Waals surface area contributed by atoms with E-state index in [9.17, 15) is 4.79 Å². The van der Waals surface area contributed by atoms with Crippen molar-refractivity contribution in [3.05, 3.63) is 35.9 Å². The highest BCUT2D eigenvalue weighted by atomic mass is 16.6. The Morgan fingerprint density at radius 2 is 1.52 bits per heavy atom. The van der Waals surface area contributed by atoms with E-state index in [1.807, 2.05) is 6.07 Å². The lowest BCUT2D eigenvalue weighted by Gasteiger charge is -2.39. The third-order valence-corrected chi connectivity index (χ3v) is 3.91. The Kier molecular flexibility index (Phi) is 5.73. The number of carbonyl (C=O) groups is 1. The van der Waals surface area contributed by atoms with Crippen LogP contribution in [0.3, 0.4) is 0 Å². The number of hydrogen-bond donors (Lipinski definition) is 0. The second-order valence-corrected chi connectivity index (χ2v) is 5.11. The molecular formula is C16H22O5. The monoisotopic (exact) mass is 294 g/mol. The molecule has 0 spiro atoms. The van der Waals surface area contributed by atoms with Crippen LogP contribution >= 0.6 is 0 Å². The first-order valence-corrected chi connectivity index (χ1v) is 7.04. The smallest absolute Gasteiger partial charge is 0.338 e. The van der Waals surface area contributed by atoms with Crippen LogP contribution in [-0.2, 0) is 18.9 Å². The van der Waals surface area contributed by atoms with E-state index in [1.165, 1.54) is 0 Å². The lowest BCUT2D eigenvalue weighted by atomic mass is 9.89. The van der Waals surface area contributed by atoms with Gasteiger partial charge in [-0.25, -0.2) is 4.79 Å². The molecule has 1 fully saturated rings. The van der Waals surface area contributed by atoms with Crippen LogP contribution in [-0.4, -0.2) is 51.7 Å². The molecule has 1 aliphatic carbocycles. The van der Waals surface area contributed by atoms with Crippen LogP contribution in [0, 0.1) is 0 Å². The summed E-state index contributed by atoms with van der Waals surface area (Å²) in [6.45, 7) is 0. The molecule has 0 unspecified atom stereocenters. The number of ether oxygens (including phenoxy) is 4. The Morgan fingerprint density at radius 1 is 0.952 bits per heavy atom. The van der Waals surface area contributed by atoms with Gasteiger partial charge in [0, 0.05) is 34.2 Å². The van der Waals surface area contributed by atoms with E-state index in [2.05, 4.69) is 0 Å². The van der Waals surface area contributed by atoms with Crippen molar-refractivity contribution < 1.29 is 23.7 Å². The van der Waals surface area contributed by atoms with Crippen molar-refractivity contribution in [2.75, 3.05) is 21.3 Å². The van der Waals surface area contributed by atoms with E-state index in [0.717, 1.165) is 0 Å². The van der Waals surface area contributed by atoms with Crippen LogP contribution in [0.15, 0.2) is 30.3 Å².